The highest BCUT2D eigenvalue weighted by atomic mass is 79.9. The van der Waals surface area contributed by atoms with Gasteiger partial charge in [0.25, 0.3) is 5.91 Å². The fraction of sp³-hybridized carbons (Fsp3) is 0.500. The van der Waals surface area contributed by atoms with Crippen molar-refractivity contribution in [2.45, 2.75) is 31.7 Å². The molecule has 0 heterocycles. The first-order chi connectivity index (χ1) is 8.65. The second-order valence-corrected chi connectivity index (χ2v) is 6.15. The number of nitrogens with one attached hydrogen (secondary N) is 1. The summed E-state index contributed by atoms with van der Waals surface area (Å²) < 4.78 is 13.8. The van der Waals surface area contributed by atoms with E-state index in [1.54, 1.807) is 6.07 Å². The van der Waals surface area contributed by atoms with Crippen LogP contribution in [0.5, 0.6) is 0 Å². The lowest BCUT2D eigenvalue weighted by Gasteiger charge is -2.18. The summed E-state index contributed by atoms with van der Waals surface area (Å²) in [6.45, 7) is 0. The predicted molar refractivity (Wildman–Crippen MR) is 70.8 cm³/mol. The summed E-state index contributed by atoms with van der Waals surface area (Å²) in [6.07, 6.45) is 4.86. The van der Waals surface area contributed by atoms with E-state index in [1.807, 2.05) is 0 Å². The zero-order valence-electron chi connectivity index (χ0n) is 9.96. The topological polar surface area (TPSA) is 29.1 Å². The molecule has 0 radical (unpaired) electrons. The third-order valence-corrected chi connectivity index (χ3v) is 4.42. The van der Waals surface area contributed by atoms with E-state index in [9.17, 15) is 9.18 Å². The molecule has 0 unspecified atom stereocenters. The van der Waals surface area contributed by atoms with Crippen molar-refractivity contribution in [2.24, 2.45) is 11.8 Å². The molecule has 0 spiro atoms. The van der Waals surface area contributed by atoms with Crippen molar-refractivity contribution in [2.75, 3.05) is 0 Å². The van der Waals surface area contributed by atoms with Gasteiger partial charge in [-0.1, -0.05) is 0 Å². The molecule has 18 heavy (non-hydrogen) atoms. The number of rotatable bonds is 4. The van der Waals surface area contributed by atoms with Crippen molar-refractivity contribution < 1.29 is 9.18 Å². The zero-order chi connectivity index (χ0) is 12.7. The molecule has 1 aromatic rings. The summed E-state index contributed by atoms with van der Waals surface area (Å²) in [5, 5.41) is 3.09. The molecule has 96 valence electrons. The molecule has 0 aliphatic heterocycles. The molecular formula is C14H15BrFNO. The van der Waals surface area contributed by atoms with E-state index in [0.29, 0.717) is 27.9 Å². The van der Waals surface area contributed by atoms with Gasteiger partial charge < -0.3 is 5.32 Å². The lowest BCUT2D eigenvalue weighted by atomic mass is 10.1. The molecule has 0 aromatic heterocycles. The van der Waals surface area contributed by atoms with Crippen LogP contribution in [0.4, 0.5) is 4.39 Å². The predicted octanol–water partition coefficient (Wildman–Crippen LogP) is 3.51. The van der Waals surface area contributed by atoms with Crippen molar-refractivity contribution in [1.29, 1.82) is 0 Å². The number of benzene rings is 1. The van der Waals surface area contributed by atoms with Crippen LogP contribution in [-0.4, -0.2) is 11.9 Å². The van der Waals surface area contributed by atoms with E-state index in [1.165, 1.54) is 37.8 Å². The van der Waals surface area contributed by atoms with Gasteiger partial charge in [-0.05, 0) is 71.6 Å². The van der Waals surface area contributed by atoms with Gasteiger partial charge in [-0.25, -0.2) is 4.39 Å². The van der Waals surface area contributed by atoms with Gasteiger partial charge in [0.2, 0.25) is 0 Å². The molecule has 2 aliphatic rings. The number of hydrogen-bond acceptors (Lipinski definition) is 1. The molecule has 0 saturated heterocycles. The van der Waals surface area contributed by atoms with Crippen molar-refractivity contribution in [1.82, 2.24) is 5.32 Å². The van der Waals surface area contributed by atoms with Crippen LogP contribution in [0.15, 0.2) is 22.7 Å². The van der Waals surface area contributed by atoms with Crippen LogP contribution in [0.3, 0.4) is 0 Å². The lowest BCUT2D eigenvalue weighted by Crippen LogP contribution is -2.38. The molecule has 2 saturated carbocycles. The smallest absolute Gasteiger partial charge is 0.252 e. The second-order valence-electron chi connectivity index (χ2n) is 5.30. The first-order valence-electron chi connectivity index (χ1n) is 6.41. The standard InChI is InChI=1S/C14H15BrFNO/c15-12-6-5-10(16)7-11(12)14(18)17-13(8-1-2-8)9-3-4-9/h5-9,13H,1-4H2,(H,17,18). The molecule has 2 nitrogen and oxygen atoms in total. The van der Waals surface area contributed by atoms with Crippen molar-refractivity contribution in [3.63, 3.8) is 0 Å². The minimum Gasteiger partial charge on any atom is -0.349 e. The Hall–Kier alpha value is -0.900. The van der Waals surface area contributed by atoms with Crippen molar-refractivity contribution in [3.8, 4) is 0 Å². The zero-order valence-corrected chi connectivity index (χ0v) is 11.5. The second kappa shape index (κ2) is 4.65. The molecule has 1 N–H and O–H groups in total. The first-order valence-corrected chi connectivity index (χ1v) is 7.20. The van der Waals surface area contributed by atoms with Crippen LogP contribution in [-0.2, 0) is 0 Å². The largest absolute Gasteiger partial charge is 0.349 e. The Bertz CT molecular complexity index is 471. The minimum atomic E-state index is -0.377. The maximum absolute atomic E-state index is 13.2. The Morgan fingerprint density at radius 1 is 1.28 bits per heavy atom. The Labute approximate surface area is 114 Å². The summed E-state index contributed by atoms with van der Waals surface area (Å²) in [7, 11) is 0. The number of amides is 1. The molecule has 2 fully saturated rings. The average molecular weight is 312 g/mol. The number of hydrogen-bond donors (Lipinski definition) is 1. The van der Waals surface area contributed by atoms with Gasteiger partial charge in [-0.3, -0.25) is 4.79 Å². The number of halogens is 2. The van der Waals surface area contributed by atoms with Gasteiger partial charge in [-0.15, -0.1) is 0 Å². The minimum absolute atomic E-state index is 0.162. The summed E-state index contributed by atoms with van der Waals surface area (Å²) >= 11 is 3.30. The average Bonchev–Trinajstić information content (AvgIpc) is 3.21. The van der Waals surface area contributed by atoms with E-state index < -0.39 is 0 Å². The van der Waals surface area contributed by atoms with Crippen molar-refractivity contribution >= 4 is 21.8 Å². The normalized spacial score (nSPS) is 19.1. The number of carbonyl (C=O) groups excluding carboxylic acids is 1. The van der Waals surface area contributed by atoms with Gasteiger partial charge in [0.1, 0.15) is 5.82 Å². The maximum atomic E-state index is 13.2. The van der Waals surface area contributed by atoms with Gasteiger partial charge >= 0.3 is 0 Å². The monoisotopic (exact) mass is 311 g/mol. The highest BCUT2D eigenvalue weighted by molar-refractivity contribution is 9.10. The fourth-order valence-electron chi connectivity index (χ4n) is 2.43. The Kier molecular flexibility index (Phi) is 3.14. The fourth-order valence-corrected chi connectivity index (χ4v) is 2.86. The lowest BCUT2D eigenvalue weighted by molar-refractivity contribution is 0.0925. The van der Waals surface area contributed by atoms with Gasteiger partial charge in [0.15, 0.2) is 0 Å². The van der Waals surface area contributed by atoms with Crippen LogP contribution < -0.4 is 5.32 Å². The summed E-state index contributed by atoms with van der Waals surface area (Å²) in [5.74, 6) is 0.755. The molecule has 1 aromatic carbocycles. The third kappa shape index (κ3) is 2.58. The molecular weight excluding hydrogens is 297 g/mol. The Morgan fingerprint density at radius 2 is 1.89 bits per heavy atom. The van der Waals surface area contributed by atoms with Gasteiger partial charge in [0, 0.05) is 10.5 Å². The summed E-state index contributed by atoms with van der Waals surface area (Å²) in [6, 6.07) is 4.51. The molecule has 3 rings (SSSR count). The van der Waals surface area contributed by atoms with Crippen molar-refractivity contribution in [3.05, 3.63) is 34.1 Å². The third-order valence-electron chi connectivity index (χ3n) is 3.73. The molecule has 4 heteroatoms. The number of carbonyl (C=O) groups is 1. The Morgan fingerprint density at radius 3 is 2.44 bits per heavy atom. The molecule has 1 amide bonds. The SMILES string of the molecule is O=C(NC(C1CC1)C1CC1)c1cc(F)ccc1Br. The highest BCUT2D eigenvalue weighted by Gasteiger charge is 2.42. The van der Waals surface area contributed by atoms with E-state index in [2.05, 4.69) is 21.2 Å². The van der Waals surface area contributed by atoms with Crippen LogP contribution in [0.25, 0.3) is 0 Å². The van der Waals surface area contributed by atoms with E-state index in [4.69, 9.17) is 0 Å². The first kappa shape index (κ1) is 12.2. The molecule has 2 aliphatic carbocycles. The van der Waals surface area contributed by atoms with E-state index in [-0.39, 0.29) is 11.7 Å². The highest BCUT2D eigenvalue weighted by Crippen LogP contribution is 2.44. The van der Waals surface area contributed by atoms with Crippen LogP contribution in [0.2, 0.25) is 0 Å². The molecule has 0 bridgehead atoms. The summed E-state index contributed by atoms with van der Waals surface area (Å²) in [4.78, 5) is 12.2. The van der Waals surface area contributed by atoms with E-state index in [0.717, 1.165) is 0 Å². The quantitative estimate of drug-likeness (QED) is 0.906. The Balaban J connectivity index is 1.75. The maximum Gasteiger partial charge on any atom is 0.252 e. The molecule has 0 atom stereocenters. The summed E-state index contributed by atoms with van der Waals surface area (Å²) in [5.41, 5.74) is 0.390. The van der Waals surface area contributed by atoms with Gasteiger partial charge in [0.05, 0.1) is 5.56 Å². The van der Waals surface area contributed by atoms with Crippen LogP contribution in [0, 0.1) is 17.7 Å². The van der Waals surface area contributed by atoms with Gasteiger partial charge in [-0.2, -0.15) is 0 Å². The van der Waals surface area contributed by atoms with E-state index >= 15 is 0 Å². The van der Waals surface area contributed by atoms with Crippen LogP contribution in [0.1, 0.15) is 36.0 Å². The van der Waals surface area contributed by atoms with Crippen LogP contribution >= 0.6 is 15.9 Å².